The molecule has 2 aliphatic heterocycles. The van der Waals surface area contributed by atoms with Gasteiger partial charge >= 0.3 is 6.61 Å². The van der Waals surface area contributed by atoms with Gasteiger partial charge in [0.1, 0.15) is 40.8 Å². The molecule has 0 spiro atoms. The second kappa shape index (κ2) is 11.8. The summed E-state index contributed by atoms with van der Waals surface area (Å²) in [6.45, 7) is -0.523. The highest BCUT2D eigenvalue weighted by atomic mass is 19.3. The number of β-amino-alcohol motifs (C(OH)–C–C–N with tert-alkyl or cyclic N) is 1. The summed E-state index contributed by atoms with van der Waals surface area (Å²) in [5.74, 6) is -4.04. The fourth-order valence-electron chi connectivity index (χ4n) is 5.51. The molecule has 2 saturated heterocycles. The quantitative estimate of drug-likeness (QED) is 0.386. The molecule has 0 aliphatic carbocycles. The van der Waals surface area contributed by atoms with Gasteiger partial charge in [-0.15, -0.1) is 0 Å². The summed E-state index contributed by atoms with van der Waals surface area (Å²) in [6, 6.07) is 9.49. The number of methoxy groups -OCH3 is 1. The lowest BCUT2D eigenvalue weighted by atomic mass is 9.87. The molecule has 13 heteroatoms. The number of hydrogen-bond acceptors (Lipinski definition) is 7. The molecule has 4 atom stereocenters. The number of ether oxygens (including phenoxy) is 2. The summed E-state index contributed by atoms with van der Waals surface area (Å²) in [5, 5.41) is 12.5. The molecule has 2 aliphatic rings. The summed E-state index contributed by atoms with van der Waals surface area (Å²) in [6.07, 6.45) is 0.0515. The van der Waals surface area contributed by atoms with Crippen LogP contribution in [0.15, 0.2) is 54.6 Å². The molecule has 1 aromatic heterocycles. The molecule has 1 unspecified atom stereocenters. The first-order valence-corrected chi connectivity index (χ1v) is 13.2. The number of aliphatic hydroxyl groups excluding tert-OH is 1. The van der Waals surface area contributed by atoms with Gasteiger partial charge in [0.2, 0.25) is 0 Å². The van der Waals surface area contributed by atoms with Crippen LogP contribution in [0.4, 0.5) is 29.2 Å². The Bertz CT molecular complexity index is 1450. The number of aliphatic hydroxyl groups is 1. The number of nitrogens with one attached hydrogen (secondary N) is 1. The van der Waals surface area contributed by atoms with E-state index in [0.29, 0.717) is 25.3 Å². The maximum atomic E-state index is 15.4. The standard InChI is InChI=1S/C29H28F4N4O5/c1-15-24(25-20(30)12-19(41-2)13-21(25)31)26(35-27(39)16-6-8-18(9-7-16)42-29(32)33)28(40)37(15)23-5-3-4-22(34-23)36-11-10-17(38)14-36/h3-9,12-13,15,17,24,26,29,38H,10-11,14H2,1-2H3,(H,35,39)/t15-,17-,24-,26?/m0/s1. The molecule has 3 heterocycles. The van der Waals surface area contributed by atoms with E-state index in [-0.39, 0.29) is 22.9 Å². The lowest BCUT2D eigenvalue weighted by Crippen LogP contribution is -2.44. The van der Waals surface area contributed by atoms with Crippen LogP contribution in [0, 0.1) is 11.6 Å². The van der Waals surface area contributed by atoms with Crippen molar-refractivity contribution in [2.75, 3.05) is 30.0 Å². The van der Waals surface area contributed by atoms with Crippen LogP contribution in [0.25, 0.3) is 0 Å². The molecular weight excluding hydrogens is 560 g/mol. The Balaban J connectivity index is 1.51. The molecular formula is C29H28F4N4O5. The van der Waals surface area contributed by atoms with Gasteiger partial charge in [0.05, 0.1) is 13.2 Å². The van der Waals surface area contributed by atoms with Crippen molar-refractivity contribution in [3.63, 3.8) is 0 Å². The molecule has 42 heavy (non-hydrogen) atoms. The third kappa shape index (κ3) is 5.69. The first kappa shape index (κ1) is 29.1. The van der Waals surface area contributed by atoms with Crippen LogP contribution >= 0.6 is 0 Å². The van der Waals surface area contributed by atoms with Crippen molar-refractivity contribution < 1.29 is 41.7 Å². The highest BCUT2D eigenvalue weighted by molar-refractivity contribution is 6.05. The van der Waals surface area contributed by atoms with Gasteiger partial charge in [-0.2, -0.15) is 8.78 Å². The van der Waals surface area contributed by atoms with Crippen molar-refractivity contribution in [1.29, 1.82) is 0 Å². The second-order valence-corrected chi connectivity index (χ2v) is 10.1. The average Bonchev–Trinajstić information content (AvgIpc) is 3.49. The minimum absolute atomic E-state index is 0.0117. The molecule has 5 rings (SSSR count). The van der Waals surface area contributed by atoms with Crippen molar-refractivity contribution in [1.82, 2.24) is 10.3 Å². The fourth-order valence-corrected chi connectivity index (χ4v) is 5.51. The summed E-state index contributed by atoms with van der Waals surface area (Å²) in [5.41, 5.74) is -0.401. The molecule has 9 nitrogen and oxygen atoms in total. The molecule has 2 fully saturated rings. The van der Waals surface area contributed by atoms with Crippen molar-refractivity contribution in [2.24, 2.45) is 0 Å². The highest BCUT2D eigenvalue weighted by Crippen LogP contribution is 2.41. The number of hydrogen-bond donors (Lipinski definition) is 2. The first-order chi connectivity index (χ1) is 20.1. The van der Waals surface area contributed by atoms with E-state index in [0.717, 1.165) is 24.3 Å². The van der Waals surface area contributed by atoms with Crippen LogP contribution in [0.3, 0.4) is 0 Å². The van der Waals surface area contributed by atoms with Crippen molar-refractivity contribution in [3.8, 4) is 11.5 Å². The molecule has 2 amide bonds. The molecule has 0 radical (unpaired) electrons. The SMILES string of the molecule is COc1cc(F)c([C@H]2C(NC(=O)c3ccc(OC(F)F)cc3)C(=O)N(c3cccc(N4CC[C@H](O)C4)n3)[C@H]2C)c(F)c1. The van der Waals surface area contributed by atoms with Crippen LogP contribution in [-0.4, -0.2) is 66.9 Å². The molecule has 2 N–H and O–H groups in total. The summed E-state index contributed by atoms with van der Waals surface area (Å²) >= 11 is 0. The van der Waals surface area contributed by atoms with Gasteiger partial charge in [0, 0.05) is 48.3 Å². The van der Waals surface area contributed by atoms with Gasteiger partial charge in [-0.05, 0) is 49.7 Å². The maximum Gasteiger partial charge on any atom is 0.387 e. The van der Waals surface area contributed by atoms with E-state index in [4.69, 9.17) is 4.74 Å². The zero-order chi connectivity index (χ0) is 30.1. The van der Waals surface area contributed by atoms with E-state index in [1.54, 1.807) is 25.1 Å². The Morgan fingerprint density at radius 2 is 1.74 bits per heavy atom. The Hall–Kier alpha value is -4.39. The molecule has 3 aromatic rings. The van der Waals surface area contributed by atoms with Gasteiger partial charge in [-0.25, -0.2) is 13.8 Å². The predicted octanol–water partition coefficient (Wildman–Crippen LogP) is 3.86. The van der Waals surface area contributed by atoms with E-state index in [9.17, 15) is 23.5 Å². The largest absolute Gasteiger partial charge is 0.497 e. The third-order valence-electron chi connectivity index (χ3n) is 7.49. The minimum Gasteiger partial charge on any atom is -0.497 e. The molecule has 0 saturated carbocycles. The molecule has 2 aromatic carbocycles. The highest BCUT2D eigenvalue weighted by Gasteiger charge is 2.50. The number of anilines is 2. The number of amides is 2. The zero-order valence-electron chi connectivity index (χ0n) is 22.6. The normalized spacial score (nSPS) is 22.1. The zero-order valence-corrected chi connectivity index (χ0v) is 22.6. The Morgan fingerprint density at radius 1 is 1.07 bits per heavy atom. The summed E-state index contributed by atoms with van der Waals surface area (Å²) in [4.78, 5) is 34.9. The number of carbonyl (C=O) groups excluding carboxylic acids is 2. The van der Waals surface area contributed by atoms with Crippen LogP contribution in [0.1, 0.15) is 35.2 Å². The van der Waals surface area contributed by atoms with Crippen LogP contribution in [0.5, 0.6) is 11.5 Å². The van der Waals surface area contributed by atoms with Crippen molar-refractivity contribution >= 4 is 23.5 Å². The lowest BCUT2D eigenvalue weighted by molar-refractivity contribution is -0.118. The van der Waals surface area contributed by atoms with Crippen LogP contribution in [-0.2, 0) is 4.79 Å². The number of benzene rings is 2. The van der Waals surface area contributed by atoms with E-state index >= 15 is 8.78 Å². The number of rotatable bonds is 8. The average molecular weight is 589 g/mol. The van der Waals surface area contributed by atoms with Crippen molar-refractivity contribution in [3.05, 3.63) is 77.4 Å². The molecule has 0 bridgehead atoms. The van der Waals surface area contributed by atoms with Gasteiger partial charge in [0.25, 0.3) is 11.8 Å². The molecule has 222 valence electrons. The lowest BCUT2D eigenvalue weighted by Gasteiger charge is -2.26. The second-order valence-electron chi connectivity index (χ2n) is 10.1. The summed E-state index contributed by atoms with van der Waals surface area (Å²) in [7, 11) is 1.26. The topological polar surface area (TPSA) is 104 Å². The number of carbonyl (C=O) groups is 2. The first-order valence-electron chi connectivity index (χ1n) is 13.2. The number of aromatic nitrogens is 1. The number of nitrogens with zero attached hydrogens (tertiary/aromatic N) is 3. The van der Waals surface area contributed by atoms with E-state index < -0.39 is 59.7 Å². The Kier molecular flexibility index (Phi) is 8.21. The van der Waals surface area contributed by atoms with E-state index in [1.165, 1.54) is 24.1 Å². The van der Waals surface area contributed by atoms with E-state index in [1.807, 2.05) is 4.90 Å². The smallest absolute Gasteiger partial charge is 0.387 e. The van der Waals surface area contributed by atoms with Crippen LogP contribution in [0.2, 0.25) is 0 Å². The Labute approximate surface area is 238 Å². The maximum absolute atomic E-state index is 15.4. The fraction of sp³-hybridized carbons (Fsp3) is 0.345. The number of alkyl halides is 2. The number of pyridine rings is 1. The Morgan fingerprint density at radius 3 is 2.33 bits per heavy atom. The van der Waals surface area contributed by atoms with Gasteiger partial charge in [-0.3, -0.25) is 14.5 Å². The van der Waals surface area contributed by atoms with E-state index in [2.05, 4.69) is 15.0 Å². The summed E-state index contributed by atoms with van der Waals surface area (Å²) < 4.78 is 65.1. The predicted molar refractivity (Wildman–Crippen MR) is 144 cm³/mol. The van der Waals surface area contributed by atoms with Crippen LogP contribution < -0.4 is 24.6 Å². The monoisotopic (exact) mass is 588 g/mol. The van der Waals surface area contributed by atoms with Crippen molar-refractivity contribution in [2.45, 2.75) is 44.1 Å². The number of halogens is 4. The van der Waals surface area contributed by atoms with Gasteiger partial charge in [0.15, 0.2) is 0 Å². The van der Waals surface area contributed by atoms with Gasteiger partial charge in [-0.1, -0.05) is 6.07 Å². The third-order valence-corrected chi connectivity index (χ3v) is 7.49. The van der Waals surface area contributed by atoms with Gasteiger partial charge < -0.3 is 24.8 Å². The minimum atomic E-state index is -3.05.